The molecule has 26 heavy (non-hydrogen) atoms. The Bertz CT molecular complexity index is 770. The molecule has 2 aromatic rings. The Morgan fingerprint density at radius 3 is 2.62 bits per heavy atom. The first kappa shape index (κ1) is 20.4. The molecule has 1 atom stereocenters. The lowest BCUT2D eigenvalue weighted by atomic mass is 10.2. The van der Waals surface area contributed by atoms with E-state index in [0.717, 1.165) is 15.1 Å². The molecule has 2 N–H and O–H groups in total. The number of hydrogen-bond donors (Lipinski definition) is 2. The Hall–Kier alpha value is -1.90. The lowest BCUT2D eigenvalue weighted by Gasteiger charge is -2.23. The Balaban J connectivity index is 1.91. The average Bonchev–Trinajstić information content (AvgIpc) is 2.63. The first-order valence-electron chi connectivity index (χ1n) is 7.96. The third-order valence-electron chi connectivity index (χ3n) is 3.79. The van der Waals surface area contributed by atoms with Crippen molar-refractivity contribution in [2.75, 3.05) is 30.5 Å². The number of thioether (sulfide) groups is 1. The van der Waals surface area contributed by atoms with Crippen molar-refractivity contribution in [3.8, 4) is 0 Å². The minimum Gasteiger partial charge on any atom is -0.324 e. The molecule has 0 radical (unpaired) electrons. The number of carbonyl (C=O) groups excluding carboxylic acids is 2. The molecule has 0 bridgehead atoms. The minimum atomic E-state index is -0.464. The molecule has 0 spiro atoms. The lowest BCUT2D eigenvalue weighted by Crippen LogP contribution is -2.43. The molecule has 1 aromatic carbocycles. The number of carbonyl (C=O) groups is 2. The molecule has 0 aliphatic carbocycles. The molecule has 1 heterocycles. The number of rotatable bonds is 7. The van der Waals surface area contributed by atoms with E-state index in [1.165, 1.54) is 0 Å². The summed E-state index contributed by atoms with van der Waals surface area (Å²) in [6.45, 7) is 1.85. The summed E-state index contributed by atoms with van der Waals surface area (Å²) in [6, 6.07) is 10.7. The number of halogens is 1. The van der Waals surface area contributed by atoms with Crippen LogP contribution in [0.25, 0.3) is 0 Å². The number of hydrogen-bond acceptors (Lipinski definition) is 5. The van der Waals surface area contributed by atoms with Gasteiger partial charge in [0.2, 0.25) is 11.8 Å². The van der Waals surface area contributed by atoms with Crippen LogP contribution in [0.3, 0.4) is 0 Å². The summed E-state index contributed by atoms with van der Waals surface area (Å²) in [7, 11) is 1.74. The molecule has 2 rings (SSSR count). The van der Waals surface area contributed by atoms with Gasteiger partial charge in [-0.05, 0) is 60.4 Å². The number of nitrogens with one attached hydrogen (secondary N) is 2. The number of nitrogens with zero attached hydrogens (tertiary/aromatic N) is 2. The van der Waals surface area contributed by atoms with Crippen molar-refractivity contribution >= 4 is 51.0 Å². The second-order valence-corrected chi connectivity index (χ2v) is 7.45. The highest BCUT2D eigenvalue weighted by molar-refractivity contribution is 9.10. The molecular formula is C18H21BrN4O2S. The summed E-state index contributed by atoms with van der Waals surface area (Å²) in [5.74, 6) is 0.0765. The zero-order chi connectivity index (χ0) is 19.1. The van der Waals surface area contributed by atoms with Crippen LogP contribution in [0.15, 0.2) is 52.0 Å². The van der Waals surface area contributed by atoms with Crippen molar-refractivity contribution in [3.63, 3.8) is 0 Å². The highest BCUT2D eigenvalue weighted by atomic mass is 79.9. The summed E-state index contributed by atoms with van der Waals surface area (Å²) in [5, 5.41) is 5.63. The predicted molar refractivity (Wildman–Crippen MR) is 110 cm³/mol. The van der Waals surface area contributed by atoms with E-state index >= 15 is 0 Å². The molecule has 8 heteroatoms. The van der Waals surface area contributed by atoms with E-state index in [2.05, 4.69) is 31.5 Å². The first-order chi connectivity index (χ1) is 12.4. The number of benzene rings is 1. The van der Waals surface area contributed by atoms with Crippen molar-refractivity contribution in [1.29, 1.82) is 0 Å². The maximum absolute atomic E-state index is 12.5. The van der Waals surface area contributed by atoms with E-state index in [9.17, 15) is 9.59 Å². The summed E-state index contributed by atoms with van der Waals surface area (Å²) in [4.78, 5) is 31.4. The van der Waals surface area contributed by atoms with Gasteiger partial charge in [0.15, 0.2) is 0 Å². The zero-order valence-corrected chi connectivity index (χ0v) is 17.2. The van der Waals surface area contributed by atoms with E-state index in [1.807, 2.05) is 30.5 Å². The van der Waals surface area contributed by atoms with Gasteiger partial charge < -0.3 is 10.6 Å². The maximum atomic E-state index is 12.5. The Labute approximate surface area is 165 Å². The lowest BCUT2D eigenvalue weighted by molar-refractivity contribution is -0.122. The minimum absolute atomic E-state index is 0.0799. The van der Waals surface area contributed by atoms with Gasteiger partial charge >= 0.3 is 0 Å². The van der Waals surface area contributed by atoms with Crippen molar-refractivity contribution in [2.45, 2.75) is 17.9 Å². The Morgan fingerprint density at radius 1 is 1.23 bits per heavy atom. The van der Waals surface area contributed by atoms with Crippen LogP contribution in [-0.2, 0) is 9.59 Å². The fourth-order valence-corrected chi connectivity index (χ4v) is 2.97. The first-order valence-corrected chi connectivity index (χ1v) is 9.98. The number of likely N-dealkylation sites (N-methyl/N-ethyl adjacent to an activating group) is 1. The summed E-state index contributed by atoms with van der Waals surface area (Å²) >= 11 is 4.86. The van der Waals surface area contributed by atoms with E-state index in [1.54, 1.807) is 49.0 Å². The molecular weight excluding hydrogens is 416 g/mol. The van der Waals surface area contributed by atoms with Crippen LogP contribution in [-0.4, -0.2) is 47.6 Å². The van der Waals surface area contributed by atoms with Crippen LogP contribution in [0.4, 0.5) is 11.5 Å². The summed E-state index contributed by atoms with van der Waals surface area (Å²) in [5.41, 5.74) is 0.772. The summed E-state index contributed by atoms with van der Waals surface area (Å²) in [6.07, 6.45) is 3.57. The van der Waals surface area contributed by atoms with Crippen LogP contribution < -0.4 is 10.6 Å². The van der Waals surface area contributed by atoms with Gasteiger partial charge in [-0.3, -0.25) is 14.5 Å². The van der Waals surface area contributed by atoms with Gasteiger partial charge in [-0.25, -0.2) is 4.98 Å². The van der Waals surface area contributed by atoms with Crippen LogP contribution >= 0.6 is 27.7 Å². The van der Waals surface area contributed by atoms with Gasteiger partial charge in [0, 0.05) is 15.6 Å². The zero-order valence-electron chi connectivity index (χ0n) is 14.8. The number of amides is 2. The monoisotopic (exact) mass is 436 g/mol. The molecule has 2 amide bonds. The predicted octanol–water partition coefficient (Wildman–Crippen LogP) is 3.46. The third kappa shape index (κ3) is 5.82. The molecule has 138 valence electrons. The van der Waals surface area contributed by atoms with Crippen LogP contribution in [0.2, 0.25) is 0 Å². The highest BCUT2D eigenvalue weighted by Gasteiger charge is 2.21. The van der Waals surface area contributed by atoms with Crippen molar-refractivity contribution in [2.24, 2.45) is 0 Å². The van der Waals surface area contributed by atoms with Gasteiger partial charge in [-0.1, -0.05) is 12.1 Å². The molecule has 6 nitrogen and oxygen atoms in total. The second-order valence-electron chi connectivity index (χ2n) is 5.69. The molecule has 0 aliphatic rings. The Morgan fingerprint density at radius 2 is 1.96 bits per heavy atom. The molecule has 0 aliphatic heterocycles. The molecule has 0 saturated heterocycles. The smallest absolute Gasteiger partial charge is 0.241 e. The molecule has 1 aromatic heterocycles. The third-order valence-corrected chi connectivity index (χ3v) is 5.06. The van der Waals surface area contributed by atoms with E-state index in [0.29, 0.717) is 5.82 Å². The molecule has 0 saturated carbocycles. The van der Waals surface area contributed by atoms with Gasteiger partial charge in [-0.2, -0.15) is 0 Å². The second kappa shape index (κ2) is 9.70. The molecule has 0 fully saturated rings. The van der Waals surface area contributed by atoms with Crippen LogP contribution in [0.5, 0.6) is 0 Å². The quantitative estimate of drug-likeness (QED) is 0.649. The average molecular weight is 437 g/mol. The normalized spacial score (nSPS) is 11.9. The fraction of sp³-hybridized carbons (Fsp3) is 0.278. The Kier molecular flexibility index (Phi) is 7.62. The van der Waals surface area contributed by atoms with Gasteiger partial charge in [0.25, 0.3) is 0 Å². The van der Waals surface area contributed by atoms with E-state index in [-0.39, 0.29) is 18.4 Å². The van der Waals surface area contributed by atoms with Gasteiger partial charge in [-0.15, -0.1) is 11.8 Å². The number of aromatic nitrogens is 1. The van der Waals surface area contributed by atoms with Gasteiger partial charge in [0.05, 0.1) is 18.3 Å². The number of para-hydroxylation sites is 1. The number of pyridine rings is 1. The van der Waals surface area contributed by atoms with E-state index < -0.39 is 6.04 Å². The van der Waals surface area contributed by atoms with Crippen molar-refractivity contribution in [1.82, 2.24) is 9.88 Å². The maximum Gasteiger partial charge on any atom is 0.241 e. The number of anilines is 2. The van der Waals surface area contributed by atoms with Crippen molar-refractivity contribution in [3.05, 3.63) is 47.1 Å². The van der Waals surface area contributed by atoms with E-state index in [4.69, 9.17) is 0 Å². The summed E-state index contributed by atoms with van der Waals surface area (Å²) < 4.78 is 0.837. The van der Waals surface area contributed by atoms with Crippen molar-refractivity contribution < 1.29 is 9.59 Å². The molecule has 1 unspecified atom stereocenters. The standard InChI is InChI=1S/C18H21BrN4O2S/c1-12(18(25)21-14-6-4-5-7-15(14)26-3)23(2)11-17(24)22-16-9-8-13(19)10-20-16/h4-10,12H,11H2,1-3H3,(H,21,25)(H,20,22,24). The van der Waals surface area contributed by atoms with Crippen LogP contribution in [0, 0.1) is 0 Å². The SMILES string of the molecule is CSc1ccccc1NC(=O)C(C)N(C)CC(=O)Nc1ccc(Br)cn1. The fourth-order valence-electron chi connectivity index (χ4n) is 2.18. The largest absolute Gasteiger partial charge is 0.324 e. The topological polar surface area (TPSA) is 74.3 Å². The highest BCUT2D eigenvalue weighted by Crippen LogP contribution is 2.24. The van der Waals surface area contributed by atoms with Crippen LogP contribution in [0.1, 0.15) is 6.92 Å². The van der Waals surface area contributed by atoms with Gasteiger partial charge in [0.1, 0.15) is 5.82 Å².